The number of carboxylic acid groups (broad SMARTS) is 1. The summed E-state index contributed by atoms with van der Waals surface area (Å²) in [5.74, 6) is -1.48. The normalized spacial score (nSPS) is 16.0. The van der Waals surface area contributed by atoms with Crippen LogP contribution in [0.3, 0.4) is 0 Å². The minimum Gasteiger partial charge on any atom is -0.476 e. The molecule has 110 valence electrons. The van der Waals surface area contributed by atoms with Gasteiger partial charge in [-0.05, 0) is 25.0 Å². The Hall–Kier alpha value is -2.24. The molecule has 2 aromatic rings. The summed E-state index contributed by atoms with van der Waals surface area (Å²) in [6, 6.07) is 6.21. The minimum absolute atomic E-state index is 0.0647. The van der Waals surface area contributed by atoms with E-state index in [2.05, 4.69) is 10.3 Å². The number of carboxylic acids is 1. The van der Waals surface area contributed by atoms with Gasteiger partial charge in [-0.25, -0.2) is 13.9 Å². The van der Waals surface area contributed by atoms with E-state index in [1.807, 2.05) is 0 Å². The lowest BCUT2D eigenvalue weighted by atomic mass is 9.86. The van der Waals surface area contributed by atoms with Crippen molar-refractivity contribution in [2.75, 3.05) is 0 Å². The fraction of sp³-hybridized carbons (Fsp3) is 0.400. The average Bonchev–Trinajstić information content (AvgIpc) is 2.93. The van der Waals surface area contributed by atoms with Crippen LogP contribution < -0.4 is 0 Å². The molecular weight excluding hydrogens is 273 g/mol. The van der Waals surface area contributed by atoms with Crippen molar-refractivity contribution < 1.29 is 14.3 Å². The molecule has 3 rings (SSSR count). The van der Waals surface area contributed by atoms with Gasteiger partial charge < -0.3 is 5.11 Å². The van der Waals surface area contributed by atoms with E-state index in [4.69, 9.17) is 0 Å². The standard InChI is InChI=1S/C15H16FN3O2/c16-11-8-4-5-9-12(11)19-14(10-6-2-1-3-7-10)13(15(20)21)17-18-19/h4-5,8-10H,1-3,6-7H2,(H,20,21). The zero-order valence-corrected chi connectivity index (χ0v) is 11.5. The minimum atomic E-state index is -1.11. The molecule has 1 aliphatic rings. The van der Waals surface area contributed by atoms with E-state index < -0.39 is 11.8 Å². The molecule has 1 heterocycles. The van der Waals surface area contributed by atoms with Crippen molar-refractivity contribution in [2.24, 2.45) is 0 Å². The second-order valence-electron chi connectivity index (χ2n) is 5.33. The molecule has 1 saturated carbocycles. The molecule has 0 spiro atoms. The van der Waals surface area contributed by atoms with Gasteiger partial charge in [0.05, 0.1) is 5.69 Å². The Bertz CT molecular complexity index is 663. The molecule has 0 unspecified atom stereocenters. The van der Waals surface area contributed by atoms with Gasteiger partial charge in [0.25, 0.3) is 0 Å². The van der Waals surface area contributed by atoms with E-state index in [-0.39, 0.29) is 17.3 Å². The van der Waals surface area contributed by atoms with E-state index in [1.54, 1.807) is 18.2 Å². The highest BCUT2D eigenvalue weighted by Gasteiger charge is 2.29. The monoisotopic (exact) mass is 289 g/mol. The van der Waals surface area contributed by atoms with Gasteiger partial charge in [0, 0.05) is 5.92 Å². The fourth-order valence-electron chi connectivity index (χ4n) is 2.99. The van der Waals surface area contributed by atoms with Crippen molar-refractivity contribution in [1.29, 1.82) is 0 Å². The van der Waals surface area contributed by atoms with Gasteiger partial charge >= 0.3 is 5.97 Å². The van der Waals surface area contributed by atoms with Crippen LogP contribution in [0.5, 0.6) is 0 Å². The first kappa shape index (κ1) is 13.7. The maximum atomic E-state index is 14.0. The molecule has 1 aliphatic carbocycles. The number of nitrogens with zero attached hydrogens (tertiary/aromatic N) is 3. The zero-order valence-electron chi connectivity index (χ0n) is 11.5. The molecule has 0 aliphatic heterocycles. The molecule has 1 N–H and O–H groups in total. The maximum Gasteiger partial charge on any atom is 0.358 e. The Morgan fingerprint density at radius 2 is 1.95 bits per heavy atom. The van der Waals surface area contributed by atoms with Gasteiger partial charge in [0.1, 0.15) is 11.5 Å². The summed E-state index contributed by atoms with van der Waals surface area (Å²) in [5.41, 5.74) is 0.704. The summed E-state index contributed by atoms with van der Waals surface area (Å²) in [5, 5.41) is 17.0. The third-order valence-electron chi connectivity index (χ3n) is 3.98. The number of carbonyl (C=O) groups is 1. The SMILES string of the molecule is O=C(O)c1nnn(-c2ccccc2F)c1C1CCCCC1. The average molecular weight is 289 g/mol. The van der Waals surface area contributed by atoms with E-state index in [0.717, 1.165) is 32.1 Å². The van der Waals surface area contributed by atoms with E-state index in [9.17, 15) is 14.3 Å². The summed E-state index contributed by atoms with van der Waals surface area (Å²) in [6.07, 6.45) is 5.03. The number of rotatable bonds is 3. The highest BCUT2D eigenvalue weighted by molar-refractivity contribution is 5.86. The summed E-state index contributed by atoms with van der Waals surface area (Å²) >= 11 is 0. The molecule has 0 saturated heterocycles. The van der Waals surface area contributed by atoms with Crippen molar-refractivity contribution >= 4 is 5.97 Å². The Balaban J connectivity index is 2.12. The second-order valence-corrected chi connectivity index (χ2v) is 5.33. The molecular formula is C15H16FN3O2. The number of para-hydroxylation sites is 1. The lowest BCUT2D eigenvalue weighted by Crippen LogP contribution is -2.15. The van der Waals surface area contributed by atoms with Crippen molar-refractivity contribution in [3.05, 3.63) is 41.5 Å². The van der Waals surface area contributed by atoms with Gasteiger partial charge in [-0.3, -0.25) is 0 Å². The molecule has 5 nitrogen and oxygen atoms in total. The molecule has 1 aromatic heterocycles. The van der Waals surface area contributed by atoms with Gasteiger partial charge in [-0.1, -0.05) is 36.6 Å². The molecule has 0 bridgehead atoms. The molecule has 21 heavy (non-hydrogen) atoms. The fourth-order valence-corrected chi connectivity index (χ4v) is 2.99. The van der Waals surface area contributed by atoms with Crippen LogP contribution in [0.2, 0.25) is 0 Å². The van der Waals surface area contributed by atoms with Crippen LogP contribution >= 0.6 is 0 Å². The lowest BCUT2D eigenvalue weighted by Gasteiger charge is -2.22. The highest BCUT2D eigenvalue weighted by atomic mass is 19.1. The topological polar surface area (TPSA) is 68.0 Å². The van der Waals surface area contributed by atoms with Crippen LogP contribution in [0.1, 0.15) is 54.2 Å². The van der Waals surface area contributed by atoms with Gasteiger partial charge in [0.2, 0.25) is 0 Å². The Kier molecular flexibility index (Phi) is 3.68. The summed E-state index contributed by atoms with van der Waals surface area (Å²) in [6.45, 7) is 0. The summed E-state index contributed by atoms with van der Waals surface area (Å²) < 4.78 is 15.4. The molecule has 0 radical (unpaired) electrons. The Morgan fingerprint density at radius 1 is 1.24 bits per heavy atom. The van der Waals surface area contributed by atoms with Gasteiger partial charge in [0.15, 0.2) is 5.69 Å². The molecule has 6 heteroatoms. The number of hydrogen-bond donors (Lipinski definition) is 1. The maximum absolute atomic E-state index is 14.0. The molecule has 0 atom stereocenters. The van der Waals surface area contributed by atoms with Crippen molar-refractivity contribution in [3.8, 4) is 5.69 Å². The van der Waals surface area contributed by atoms with Crippen LogP contribution in [0.25, 0.3) is 5.69 Å². The van der Waals surface area contributed by atoms with E-state index >= 15 is 0 Å². The number of aromatic carboxylic acids is 1. The predicted octanol–water partition coefficient (Wildman–Crippen LogP) is 3.15. The first-order valence-electron chi connectivity index (χ1n) is 7.12. The Morgan fingerprint density at radius 3 is 2.62 bits per heavy atom. The first-order valence-corrected chi connectivity index (χ1v) is 7.12. The third kappa shape index (κ3) is 2.53. The van der Waals surface area contributed by atoms with E-state index in [1.165, 1.54) is 10.7 Å². The smallest absolute Gasteiger partial charge is 0.358 e. The summed E-state index contributed by atoms with van der Waals surface area (Å²) in [4.78, 5) is 11.4. The third-order valence-corrected chi connectivity index (χ3v) is 3.98. The largest absolute Gasteiger partial charge is 0.476 e. The zero-order chi connectivity index (χ0) is 14.8. The molecule has 0 amide bonds. The van der Waals surface area contributed by atoms with Crippen LogP contribution in [0, 0.1) is 5.82 Å². The number of hydrogen-bond acceptors (Lipinski definition) is 3. The first-order chi connectivity index (χ1) is 10.2. The number of aromatic nitrogens is 3. The van der Waals surface area contributed by atoms with Crippen LogP contribution in [0.15, 0.2) is 24.3 Å². The quantitative estimate of drug-likeness (QED) is 0.942. The predicted molar refractivity (Wildman–Crippen MR) is 74.1 cm³/mol. The van der Waals surface area contributed by atoms with Gasteiger partial charge in [-0.15, -0.1) is 5.10 Å². The second kappa shape index (κ2) is 5.63. The number of benzene rings is 1. The van der Waals surface area contributed by atoms with Crippen molar-refractivity contribution in [1.82, 2.24) is 15.0 Å². The van der Waals surface area contributed by atoms with Crippen LogP contribution in [-0.4, -0.2) is 26.1 Å². The van der Waals surface area contributed by atoms with E-state index in [0.29, 0.717) is 5.69 Å². The van der Waals surface area contributed by atoms with Crippen molar-refractivity contribution in [2.45, 2.75) is 38.0 Å². The number of halogens is 1. The molecule has 1 fully saturated rings. The van der Waals surface area contributed by atoms with Crippen molar-refractivity contribution in [3.63, 3.8) is 0 Å². The Labute approximate surface area is 121 Å². The summed E-state index contributed by atoms with van der Waals surface area (Å²) in [7, 11) is 0. The lowest BCUT2D eigenvalue weighted by molar-refractivity contribution is 0.0688. The van der Waals surface area contributed by atoms with Gasteiger partial charge in [-0.2, -0.15) is 0 Å². The van der Waals surface area contributed by atoms with Crippen LogP contribution in [0.4, 0.5) is 4.39 Å². The highest BCUT2D eigenvalue weighted by Crippen LogP contribution is 2.35. The van der Waals surface area contributed by atoms with Crippen LogP contribution in [-0.2, 0) is 0 Å². The molecule has 1 aromatic carbocycles.